The van der Waals surface area contributed by atoms with Gasteiger partial charge in [-0.05, 0) is 62.8 Å². The quantitative estimate of drug-likeness (QED) is 0.491. The SMILES string of the molecule is Brc1ccccc1N=C=Nc1ccccc1I. The molecule has 0 saturated carbocycles. The molecular formula is C13H8BrIN2. The Morgan fingerprint density at radius 1 is 0.882 bits per heavy atom. The molecule has 4 heteroatoms. The van der Waals surface area contributed by atoms with Crippen molar-refractivity contribution >= 4 is 55.9 Å². The molecule has 0 radical (unpaired) electrons. The molecule has 2 aromatic carbocycles. The topological polar surface area (TPSA) is 24.7 Å². The molecule has 0 bridgehead atoms. The number of hydrogen-bond donors (Lipinski definition) is 0. The maximum absolute atomic E-state index is 4.20. The number of nitrogens with zero attached hydrogens (tertiary/aromatic N) is 2. The van der Waals surface area contributed by atoms with E-state index in [2.05, 4.69) is 54.5 Å². The van der Waals surface area contributed by atoms with Crippen LogP contribution in [0.2, 0.25) is 0 Å². The van der Waals surface area contributed by atoms with E-state index in [-0.39, 0.29) is 0 Å². The van der Waals surface area contributed by atoms with Gasteiger partial charge in [0, 0.05) is 8.04 Å². The number of aliphatic imine (C=N–C) groups is 2. The Morgan fingerprint density at radius 2 is 1.47 bits per heavy atom. The van der Waals surface area contributed by atoms with E-state index in [1.165, 1.54) is 0 Å². The van der Waals surface area contributed by atoms with Crippen LogP contribution in [0.25, 0.3) is 0 Å². The Kier molecular flexibility index (Phi) is 4.48. The summed E-state index contributed by atoms with van der Waals surface area (Å²) in [5.41, 5.74) is 1.70. The van der Waals surface area contributed by atoms with Crippen molar-refractivity contribution in [3.63, 3.8) is 0 Å². The highest BCUT2D eigenvalue weighted by Crippen LogP contribution is 2.24. The van der Waals surface area contributed by atoms with Gasteiger partial charge in [0.2, 0.25) is 0 Å². The van der Waals surface area contributed by atoms with Gasteiger partial charge in [0.05, 0.1) is 11.4 Å². The van der Waals surface area contributed by atoms with E-state index in [1.807, 2.05) is 48.5 Å². The molecule has 0 aromatic heterocycles. The largest absolute Gasteiger partial charge is 0.186 e. The zero-order valence-electron chi connectivity index (χ0n) is 8.77. The first-order valence-corrected chi connectivity index (χ1v) is 6.80. The summed E-state index contributed by atoms with van der Waals surface area (Å²) >= 11 is 5.66. The Bertz CT molecular complexity index is 540. The number of benzene rings is 2. The molecular weight excluding hydrogens is 391 g/mol. The van der Waals surface area contributed by atoms with Gasteiger partial charge in [-0.15, -0.1) is 0 Å². The standard InChI is InChI=1S/C13H8BrIN2/c14-10-5-1-3-7-12(10)16-9-17-13-8-4-2-6-11(13)15/h1-8H. The fraction of sp³-hybridized carbons (Fsp3) is 0. The summed E-state index contributed by atoms with van der Waals surface area (Å²) < 4.78 is 2.02. The van der Waals surface area contributed by atoms with Crippen LogP contribution >= 0.6 is 38.5 Å². The first-order chi connectivity index (χ1) is 8.27. The third-order valence-electron chi connectivity index (χ3n) is 2.05. The van der Waals surface area contributed by atoms with Crippen LogP contribution in [0.4, 0.5) is 11.4 Å². The third kappa shape index (κ3) is 3.49. The molecule has 0 spiro atoms. The average molecular weight is 399 g/mol. The first kappa shape index (κ1) is 12.5. The molecule has 0 aliphatic carbocycles. The number of hydrogen-bond acceptors (Lipinski definition) is 2. The van der Waals surface area contributed by atoms with E-state index < -0.39 is 0 Å². The summed E-state index contributed by atoms with van der Waals surface area (Å²) in [5.74, 6) is 0. The molecule has 84 valence electrons. The lowest BCUT2D eigenvalue weighted by atomic mass is 10.3. The van der Waals surface area contributed by atoms with E-state index in [0.29, 0.717) is 0 Å². The van der Waals surface area contributed by atoms with Crippen molar-refractivity contribution in [1.82, 2.24) is 0 Å². The van der Waals surface area contributed by atoms with Crippen LogP contribution in [0, 0.1) is 3.57 Å². The molecule has 17 heavy (non-hydrogen) atoms. The lowest BCUT2D eigenvalue weighted by molar-refractivity contribution is 1.46. The van der Waals surface area contributed by atoms with Crippen molar-refractivity contribution in [2.24, 2.45) is 9.98 Å². The van der Waals surface area contributed by atoms with Gasteiger partial charge in [0.15, 0.2) is 0 Å². The summed E-state index contributed by atoms with van der Waals surface area (Å²) in [7, 11) is 0. The number of rotatable bonds is 2. The molecule has 0 saturated heterocycles. The normalized spacial score (nSPS) is 9.53. The van der Waals surface area contributed by atoms with Gasteiger partial charge in [-0.25, -0.2) is 0 Å². The smallest absolute Gasteiger partial charge is 0.101 e. The Balaban J connectivity index is 2.28. The fourth-order valence-electron chi connectivity index (χ4n) is 1.22. The van der Waals surface area contributed by atoms with Crippen molar-refractivity contribution in [1.29, 1.82) is 0 Å². The Morgan fingerprint density at radius 3 is 2.18 bits per heavy atom. The maximum Gasteiger partial charge on any atom is 0.101 e. The second-order valence-electron chi connectivity index (χ2n) is 3.23. The molecule has 0 fully saturated rings. The van der Waals surface area contributed by atoms with Crippen molar-refractivity contribution in [3.8, 4) is 0 Å². The highest BCUT2D eigenvalue weighted by atomic mass is 127. The lowest BCUT2D eigenvalue weighted by Gasteiger charge is -1.94. The number of para-hydroxylation sites is 2. The van der Waals surface area contributed by atoms with Gasteiger partial charge in [0.1, 0.15) is 6.01 Å². The van der Waals surface area contributed by atoms with Gasteiger partial charge in [0.25, 0.3) is 0 Å². The molecule has 0 aliphatic rings. The Labute approximate surface area is 122 Å². The van der Waals surface area contributed by atoms with Crippen LogP contribution in [0.3, 0.4) is 0 Å². The summed E-state index contributed by atoms with van der Waals surface area (Å²) in [6.07, 6.45) is 0. The summed E-state index contributed by atoms with van der Waals surface area (Å²) in [6.45, 7) is 0. The van der Waals surface area contributed by atoms with Gasteiger partial charge in [-0.3, -0.25) is 0 Å². The predicted octanol–water partition coefficient (Wildman–Crippen LogP) is 5.19. The molecule has 2 rings (SSSR count). The van der Waals surface area contributed by atoms with Crippen molar-refractivity contribution < 1.29 is 0 Å². The monoisotopic (exact) mass is 398 g/mol. The third-order valence-corrected chi connectivity index (χ3v) is 3.63. The van der Waals surface area contributed by atoms with Gasteiger partial charge >= 0.3 is 0 Å². The molecule has 0 aliphatic heterocycles. The summed E-state index contributed by atoms with van der Waals surface area (Å²) in [6, 6.07) is 18.3. The van der Waals surface area contributed by atoms with Crippen LogP contribution in [0.5, 0.6) is 0 Å². The summed E-state index contributed by atoms with van der Waals surface area (Å²) in [4.78, 5) is 8.37. The van der Waals surface area contributed by atoms with Crippen LogP contribution in [0.15, 0.2) is 63.0 Å². The fourth-order valence-corrected chi connectivity index (χ4v) is 2.10. The van der Waals surface area contributed by atoms with Crippen molar-refractivity contribution in [3.05, 3.63) is 56.6 Å². The minimum atomic E-state index is 0.821. The van der Waals surface area contributed by atoms with Crippen LogP contribution < -0.4 is 0 Å². The highest BCUT2D eigenvalue weighted by Gasteiger charge is 1.94. The zero-order chi connectivity index (χ0) is 12.1. The average Bonchev–Trinajstić information content (AvgIpc) is 2.34. The van der Waals surface area contributed by atoms with Crippen molar-refractivity contribution in [2.45, 2.75) is 0 Å². The lowest BCUT2D eigenvalue weighted by Crippen LogP contribution is -1.71. The van der Waals surface area contributed by atoms with Crippen molar-refractivity contribution in [2.75, 3.05) is 0 Å². The van der Waals surface area contributed by atoms with Gasteiger partial charge in [-0.1, -0.05) is 24.3 Å². The molecule has 0 unspecified atom stereocenters. The van der Waals surface area contributed by atoms with Gasteiger partial charge < -0.3 is 0 Å². The zero-order valence-corrected chi connectivity index (χ0v) is 12.5. The van der Waals surface area contributed by atoms with E-state index in [4.69, 9.17) is 0 Å². The van der Waals surface area contributed by atoms with E-state index in [9.17, 15) is 0 Å². The molecule has 2 nitrogen and oxygen atoms in total. The first-order valence-electron chi connectivity index (χ1n) is 4.93. The van der Waals surface area contributed by atoms with Gasteiger partial charge in [-0.2, -0.15) is 9.98 Å². The molecule has 0 N–H and O–H groups in total. The Hall–Kier alpha value is -0.970. The molecule has 2 aromatic rings. The second-order valence-corrected chi connectivity index (χ2v) is 5.24. The predicted molar refractivity (Wildman–Crippen MR) is 82.5 cm³/mol. The van der Waals surface area contributed by atoms with E-state index >= 15 is 0 Å². The molecule has 0 amide bonds. The minimum Gasteiger partial charge on any atom is -0.186 e. The van der Waals surface area contributed by atoms with Crippen LogP contribution in [-0.4, -0.2) is 6.01 Å². The van der Waals surface area contributed by atoms with E-state index in [0.717, 1.165) is 19.4 Å². The van der Waals surface area contributed by atoms with Crippen LogP contribution in [-0.2, 0) is 0 Å². The summed E-state index contributed by atoms with van der Waals surface area (Å²) in [5, 5.41) is 0. The molecule has 0 heterocycles. The maximum atomic E-state index is 4.20. The highest BCUT2D eigenvalue weighted by molar-refractivity contribution is 14.1. The second kappa shape index (κ2) is 6.10. The number of halogens is 2. The van der Waals surface area contributed by atoms with Crippen LogP contribution in [0.1, 0.15) is 0 Å². The molecule has 0 atom stereocenters. The van der Waals surface area contributed by atoms with E-state index in [1.54, 1.807) is 0 Å². The minimum absolute atomic E-state index is 0.821.